The van der Waals surface area contributed by atoms with Gasteiger partial charge in [0.15, 0.2) is 5.78 Å². The molecule has 1 radical (unpaired) electrons. The van der Waals surface area contributed by atoms with Crippen molar-refractivity contribution in [2.24, 2.45) is 34.6 Å². The Bertz CT molecular complexity index is 1450. The first kappa shape index (κ1) is 34.9. The van der Waals surface area contributed by atoms with Gasteiger partial charge in [-0.05, 0) is 66.7 Å². The van der Waals surface area contributed by atoms with Crippen molar-refractivity contribution in [2.45, 2.75) is 92.9 Å². The van der Waals surface area contributed by atoms with E-state index in [0.717, 1.165) is 32.1 Å². The van der Waals surface area contributed by atoms with Crippen LogP contribution in [0.15, 0.2) is 82.7 Å². The van der Waals surface area contributed by atoms with Crippen molar-refractivity contribution in [1.82, 2.24) is 0 Å². The van der Waals surface area contributed by atoms with Crippen LogP contribution in [0, 0.1) is 35.7 Å². The molecule has 0 bridgehead atoms. The third-order valence-electron chi connectivity index (χ3n) is 9.54. The van der Waals surface area contributed by atoms with Crippen LogP contribution in [0.1, 0.15) is 98.6 Å². The molecule has 2 aliphatic carbocycles. The minimum Gasteiger partial charge on any atom is -0.512 e. The molecule has 3 aliphatic rings. The number of aliphatic hydroxyl groups excluding tert-OH is 1. The molecular formula is C39H50IrNO2-. The molecule has 2 aromatic carbocycles. The Kier molecular flexibility index (Phi) is 12.1. The summed E-state index contributed by atoms with van der Waals surface area (Å²) >= 11 is 0. The molecule has 0 spiro atoms. The second kappa shape index (κ2) is 15.0. The van der Waals surface area contributed by atoms with Gasteiger partial charge in [-0.25, -0.2) is 0 Å². The van der Waals surface area contributed by atoms with Gasteiger partial charge in [-0.3, -0.25) is 9.79 Å². The fourth-order valence-corrected chi connectivity index (χ4v) is 6.93. The monoisotopic (exact) mass is 757 g/mol. The Morgan fingerprint density at radius 3 is 2.33 bits per heavy atom. The third-order valence-corrected chi connectivity index (χ3v) is 9.54. The number of aliphatic imine (C=N–C) groups is 1. The number of benzene rings is 2. The van der Waals surface area contributed by atoms with Gasteiger partial charge in [0.2, 0.25) is 0 Å². The molecule has 43 heavy (non-hydrogen) atoms. The molecule has 0 aromatic heterocycles. The Hall–Kier alpha value is -2.55. The van der Waals surface area contributed by atoms with Gasteiger partial charge in [0.05, 0.1) is 5.76 Å². The predicted molar refractivity (Wildman–Crippen MR) is 178 cm³/mol. The van der Waals surface area contributed by atoms with Gasteiger partial charge in [0.1, 0.15) is 0 Å². The van der Waals surface area contributed by atoms with Gasteiger partial charge in [-0.1, -0.05) is 102 Å². The molecular weight excluding hydrogens is 707 g/mol. The molecule has 5 rings (SSSR count). The topological polar surface area (TPSA) is 49.7 Å². The van der Waals surface area contributed by atoms with E-state index in [0.29, 0.717) is 17.8 Å². The molecule has 0 amide bonds. The summed E-state index contributed by atoms with van der Waals surface area (Å²) < 4.78 is 0. The summed E-state index contributed by atoms with van der Waals surface area (Å²) in [7, 11) is 0. The molecule has 2 atom stereocenters. The van der Waals surface area contributed by atoms with Crippen molar-refractivity contribution in [3.8, 4) is 0 Å². The number of rotatable bonds is 9. The first-order valence-corrected chi connectivity index (χ1v) is 16.1. The van der Waals surface area contributed by atoms with Crippen LogP contribution in [0.4, 0.5) is 0 Å². The molecule has 3 nitrogen and oxygen atoms in total. The molecule has 0 saturated heterocycles. The summed E-state index contributed by atoms with van der Waals surface area (Å²) in [6, 6.07) is 14.7. The average molecular weight is 757 g/mol. The molecule has 1 heterocycles. The molecule has 1 aliphatic heterocycles. The number of ketones is 1. The summed E-state index contributed by atoms with van der Waals surface area (Å²) in [5.74, 6) is 2.01. The van der Waals surface area contributed by atoms with Crippen LogP contribution in [-0.4, -0.2) is 16.6 Å². The van der Waals surface area contributed by atoms with Crippen LogP contribution in [0.3, 0.4) is 0 Å². The number of nitrogens with zero attached hydrogens (tertiary/aromatic N) is 1. The summed E-state index contributed by atoms with van der Waals surface area (Å²) in [5, 5.41) is 12.2. The Morgan fingerprint density at radius 2 is 1.70 bits per heavy atom. The van der Waals surface area contributed by atoms with Crippen LogP contribution in [0.25, 0.3) is 10.8 Å². The van der Waals surface area contributed by atoms with E-state index in [1.54, 1.807) is 0 Å². The first-order chi connectivity index (χ1) is 20.0. The number of hydrogen-bond acceptors (Lipinski definition) is 3. The molecule has 4 heteroatoms. The maximum absolute atomic E-state index is 11.7. The smallest absolute Gasteiger partial charge is 0.162 e. The van der Waals surface area contributed by atoms with Crippen LogP contribution >= 0.6 is 0 Å². The predicted octanol–water partition coefficient (Wildman–Crippen LogP) is 10.3. The minimum absolute atomic E-state index is 0. The molecule has 0 saturated carbocycles. The second-order valence-electron chi connectivity index (χ2n) is 13.2. The van der Waals surface area contributed by atoms with Crippen molar-refractivity contribution < 1.29 is 30.0 Å². The molecule has 233 valence electrons. The van der Waals surface area contributed by atoms with Crippen LogP contribution < -0.4 is 0 Å². The van der Waals surface area contributed by atoms with E-state index < -0.39 is 0 Å². The SMILES string of the molecule is CC(C)CC1=CC2C3C(=C1)C=CN=C3c1[c-]c3ccccc3cc1C2(C)C.CCC(CC)C(=O)/C=C(\O)C(CC)CC.[Ir]. The van der Waals surface area contributed by atoms with Crippen molar-refractivity contribution in [1.29, 1.82) is 0 Å². The number of carbonyl (C=O) groups is 1. The first-order valence-electron chi connectivity index (χ1n) is 16.1. The largest absolute Gasteiger partial charge is 0.512 e. The summed E-state index contributed by atoms with van der Waals surface area (Å²) in [4.78, 5) is 16.6. The number of hydrogen-bond donors (Lipinski definition) is 1. The second-order valence-corrected chi connectivity index (χ2v) is 13.2. The minimum atomic E-state index is 0. The summed E-state index contributed by atoms with van der Waals surface area (Å²) in [6.45, 7) is 17.5. The van der Waals surface area contributed by atoms with E-state index in [2.05, 4.69) is 82.3 Å². The van der Waals surface area contributed by atoms with E-state index in [1.807, 2.05) is 33.9 Å². The van der Waals surface area contributed by atoms with E-state index in [9.17, 15) is 9.90 Å². The van der Waals surface area contributed by atoms with Crippen molar-refractivity contribution in [2.75, 3.05) is 0 Å². The Balaban J connectivity index is 0.000000274. The van der Waals surface area contributed by atoms with E-state index in [4.69, 9.17) is 4.99 Å². The van der Waals surface area contributed by atoms with Gasteiger partial charge >= 0.3 is 0 Å². The molecule has 2 unspecified atom stereocenters. The average Bonchev–Trinajstić information content (AvgIpc) is 2.96. The van der Waals surface area contributed by atoms with Gasteiger partial charge in [-0.15, -0.1) is 29.1 Å². The zero-order valence-electron chi connectivity index (χ0n) is 27.3. The zero-order valence-corrected chi connectivity index (χ0v) is 29.7. The molecule has 0 fully saturated rings. The normalized spacial score (nSPS) is 20.0. The van der Waals surface area contributed by atoms with Gasteiger partial charge < -0.3 is 5.11 Å². The Morgan fingerprint density at radius 1 is 1.05 bits per heavy atom. The molecule has 1 N–H and O–H groups in total. The van der Waals surface area contributed by atoms with Crippen LogP contribution in [0.5, 0.6) is 0 Å². The standard InChI is InChI=1S/C26H26N.C13H24O2.Ir/c1-16(2)11-17-12-20-9-10-27-25-21-14-18-7-5-6-8-19(18)15-22(21)26(3,4)23(13-17)24(20)25;1-5-10(6-2)12(14)9-13(15)11(7-3)8-4;/h5-10,12-13,15-16,23-24H,11H2,1-4H3;9-11,14H,5-8H2,1-4H3;/q-1;;/b;12-9-;. The van der Waals surface area contributed by atoms with Gasteiger partial charge in [0.25, 0.3) is 0 Å². The number of allylic oxidation sites excluding steroid dienone is 7. The van der Waals surface area contributed by atoms with E-state index in [-0.39, 0.29) is 48.9 Å². The summed E-state index contributed by atoms with van der Waals surface area (Å²) in [6.07, 6.45) is 15.2. The van der Waals surface area contributed by atoms with E-state index in [1.165, 1.54) is 44.8 Å². The molecule has 2 aromatic rings. The van der Waals surface area contributed by atoms with Gasteiger partial charge in [-0.2, -0.15) is 0 Å². The maximum Gasteiger partial charge on any atom is 0.162 e. The fraction of sp³-hybridized carbons (Fsp3) is 0.487. The van der Waals surface area contributed by atoms with Crippen molar-refractivity contribution in [3.63, 3.8) is 0 Å². The third kappa shape index (κ3) is 7.40. The number of fused-ring (bicyclic) bond motifs is 3. The van der Waals surface area contributed by atoms with Crippen LogP contribution in [0.2, 0.25) is 0 Å². The quantitative estimate of drug-likeness (QED) is 0.157. The number of aliphatic hydroxyl groups is 1. The maximum atomic E-state index is 11.7. The van der Waals surface area contributed by atoms with Crippen LogP contribution in [-0.2, 0) is 30.3 Å². The summed E-state index contributed by atoms with van der Waals surface area (Å²) in [5.41, 5.74) is 6.76. The van der Waals surface area contributed by atoms with Crippen molar-refractivity contribution in [3.05, 3.63) is 94.9 Å². The number of carbonyl (C=O) groups excluding carboxylic acids is 1. The van der Waals surface area contributed by atoms with E-state index >= 15 is 0 Å². The Labute approximate surface area is 273 Å². The van der Waals surface area contributed by atoms with Gasteiger partial charge in [0, 0.05) is 50.1 Å². The zero-order chi connectivity index (χ0) is 30.6. The van der Waals surface area contributed by atoms with Crippen molar-refractivity contribution >= 4 is 22.3 Å². The fourth-order valence-electron chi connectivity index (χ4n) is 6.93.